The van der Waals surface area contributed by atoms with Gasteiger partial charge in [0.25, 0.3) is 0 Å². The third-order valence-corrected chi connectivity index (χ3v) is 4.26. The first-order valence-corrected chi connectivity index (χ1v) is 6.27. The number of halogens is 1. The predicted molar refractivity (Wildman–Crippen MR) is 59.8 cm³/mol. The summed E-state index contributed by atoms with van der Waals surface area (Å²) in [6.45, 7) is 0. The van der Waals surface area contributed by atoms with Crippen molar-refractivity contribution in [1.29, 1.82) is 0 Å². The highest BCUT2D eigenvalue weighted by Gasteiger charge is 2.41. The van der Waals surface area contributed by atoms with Crippen LogP contribution < -0.4 is 0 Å². The molecular formula is C12H15ClN2. The lowest BCUT2D eigenvalue weighted by Gasteiger charge is -2.19. The van der Waals surface area contributed by atoms with Gasteiger partial charge in [-0.15, -0.1) is 11.6 Å². The van der Waals surface area contributed by atoms with E-state index >= 15 is 0 Å². The minimum absolute atomic E-state index is 0.511. The smallest absolute Gasteiger partial charge is 0.131 e. The largest absolute Gasteiger partial charge is 0.241 e. The summed E-state index contributed by atoms with van der Waals surface area (Å²) >= 11 is 5.72. The van der Waals surface area contributed by atoms with E-state index in [1.54, 1.807) is 0 Å². The Morgan fingerprint density at radius 1 is 1.20 bits per heavy atom. The Morgan fingerprint density at radius 2 is 2.00 bits per heavy atom. The second kappa shape index (κ2) is 3.75. The molecule has 3 unspecified atom stereocenters. The van der Waals surface area contributed by atoms with Crippen molar-refractivity contribution >= 4 is 11.6 Å². The average Bonchev–Trinajstić information content (AvgIpc) is 2.91. The van der Waals surface area contributed by atoms with Crippen LogP contribution in [0.15, 0.2) is 12.4 Å². The van der Waals surface area contributed by atoms with Gasteiger partial charge < -0.3 is 0 Å². The first-order valence-electron chi connectivity index (χ1n) is 5.73. The Labute approximate surface area is 95.1 Å². The molecule has 3 rings (SSSR count). The van der Waals surface area contributed by atoms with E-state index in [-0.39, 0.29) is 0 Å². The maximum atomic E-state index is 5.72. The van der Waals surface area contributed by atoms with Gasteiger partial charge >= 0.3 is 0 Å². The molecule has 1 heterocycles. The van der Waals surface area contributed by atoms with Crippen LogP contribution in [0.2, 0.25) is 0 Å². The maximum Gasteiger partial charge on any atom is 0.131 e. The van der Waals surface area contributed by atoms with Crippen LogP contribution in [0.3, 0.4) is 0 Å². The molecule has 80 valence electrons. The summed E-state index contributed by atoms with van der Waals surface area (Å²) in [5, 5.41) is 0. The van der Waals surface area contributed by atoms with Gasteiger partial charge in [-0.1, -0.05) is 6.42 Å². The fourth-order valence-corrected chi connectivity index (χ4v) is 3.32. The van der Waals surface area contributed by atoms with E-state index in [0.29, 0.717) is 11.8 Å². The van der Waals surface area contributed by atoms with Crippen molar-refractivity contribution in [3.05, 3.63) is 23.8 Å². The Kier molecular flexibility index (Phi) is 2.39. The van der Waals surface area contributed by atoms with Gasteiger partial charge in [-0.3, -0.25) is 0 Å². The van der Waals surface area contributed by atoms with Crippen molar-refractivity contribution in [2.24, 2.45) is 11.8 Å². The number of fused-ring (bicyclic) bond motifs is 2. The van der Waals surface area contributed by atoms with Gasteiger partial charge in [-0.2, -0.15) is 0 Å². The molecule has 2 aliphatic carbocycles. The third kappa shape index (κ3) is 1.65. The Bertz CT molecular complexity index is 349. The first kappa shape index (κ1) is 9.59. The van der Waals surface area contributed by atoms with Crippen LogP contribution in [0.1, 0.15) is 43.0 Å². The second-order valence-corrected chi connectivity index (χ2v) is 5.13. The van der Waals surface area contributed by atoms with Gasteiger partial charge in [0, 0.05) is 23.9 Å². The molecule has 0 amide bonds. The molecule has 0 spiro atoms. The van der Waals surface area contributed by atoms with E-state index < -0.39 is 0 Å². The summed E-state index contributed by atoms with van der Waals surface area (Å²) < 4.78 is 0. The molecular weight excluding hydrogens is 208 g/mol. The zero-order valence-electron chi connectivity index (χ0n) is 8.69. The number of aromatic nitrogens is 2. The summed E-state index contributed by atoms with van der Waals surface area (Å²) in [7, 11) is 0. The van der Waals surface area contributed by atoms with Crippen LogP contribution in [0.4, 0.5) is 0 Å². The van der Waals surface area contributed by atoms with Crippen LogP contribution in [0.5, 0.6) is 0 Å². The highest BCUT2D eigenvalue weighted by atomic mass is 35.5. The van der Waals surface area contributed by atoms with Crippen molar-refractivity contribution in [3.63, 3.8) is 0 Å². The predicted octanol–water partition coefficient (Wildman–Crippen LogP) is 3.12. The number of alkyl halides is 1. The van der Waals surface area contributed by atoms with Crippen LogP contribution in [0, 0.1) is 11.8 Å². The average molecular weight is 223 g/mol. The number of rotatable bonds is 2. The molecule has 2 nitrogen and oxygen atoms in total. The summed E-state index contributed by atoms with van der Waals surface area (Å²) in [5.41, 5.74) is 1.02. The minimum Gasteiger partial charge on any atom is -0.241 e. The summed E-state index contributed by atoms with van der Waals surface area (Å²) in [5.74, 6) is 4.01. The number of hydrogen-bond acceptors (Lipinski definition) is 2. The van der Waals surface area contributed by atoms with Gasteiger partial charge in [-0.25, -0.2) is 9.97 Å². The summed E-state index contributed by atoms with van der Waals surface area (Å²) in [4.78, 5) is 8.91. The third-order valence-electron chi connectivity index (χ3n) is 3.95. The van der Waals surface area contributed by atoms with Crippen LogP contribution in [-0.4, -0.2) is 9.97 Å². The monoisotopic (exact) mass is 222 g/mol. The highest BCUT2D eigenvalue weighted by molar-refractivity contribution is 6.17. The molecule has 2 fully saturated rings. The summed E-state index contributed by atoms with van der Waals surface area (Å²) in [6.07, 6.45) is 9.29. The number of nitrogens with zero attached hydrogens (tertiary/aromatic N) is 2. The first-order chi connectivity index (χ1) is 7.36. The normalized spacial score (nSPS) is 33.5. The Balaban J connectivity index is 1.81. The van der Waals surface area contributed by atoms with Crippen LogP contribution in [0.25, 0.3) is 0 Å². The van der Waals surface area contributed by atoms with E-state index in [0.717, 1.165) is 23.2 Å². The molecule has 2 saturated carbocycles. The van der Waals surface area contributed by atoms with E-state index in [9.17, 15) is 0 Å². The van der Waals surface area contributed by atoms with Gasteiger partial charge in [-0.05, 0) is 31.1 Å². The molecule has 2 aliphatic rings. The maximum absolute atomic E-state index is 5.72. The quantitative estimate of drug-likeness (QED) is 0.719. The van der Waals surface area contributed by atoms with E-state index in [2.05, 4.69) is 9.97 Å². The standard InChI is InChI=1S/C12H15ClN2/c13-5-9-6-14-12(15-7-9)11-4-8-1-2-10(11)3-8/h6-8,10-11H,1-5H2. The second-order valence-electron chi connectivity index (χ2n) is 4.86. The molecule has 1 aromatic heterocycles. The molecule has 0 N–H and O–H groups in total. The van der Waals surface area contributed by atoms with Gasteiger partial charge in [0.05, 0.1) is 5.88 Å². The molecule has 2 bridgehead atoms. The van der Waals surface area contributed by atoms with Gasteiger partial charge in [0.15, 0.2) is 0 Å². The van der Waals surface area contributed by atoms with Crippen molar-refractivity contribution in [2.75, 3.05) is 0 Å². The molecule has 0 aliphatic heterocycles. The molecule has 1 aromatic rings. The van der Waals surface area contributed by atoms with Crippen molar-refractivity contribution < 1.29 is 0 Å². The topological polar surface area (TPSA) is 25.8 Å². The molecule has 0 saturated heterocycles. The van der Waals surface area contributed by atoms with Crippen molar-refractivity contribution in [1.82, 2.24) is 9.97 Å². The van der Waals surface area contributed by atoms with E-state index in [1.807, 2.05) is 12.4 Å². The lowest BCUT2D eigenvalue weighted by molar-refractivity contribution is 0.405. The SMILES string of the molecule is ClCc1cnc(C2CC3CCC2C3)nc1. The highest BCUT2D eigenvalue weighted by Crippen LogP contribution is 2.51. The molecule has 3 atom stereocenters. The fourth-order valence-electron chi connectivity index (χ4n) is 3.19. The fraction of sp³-hybridized carbons (Fsp3) is 0.667. The van der Waals surface area contributed by atoms with E-state index in [4.69, 9.17) is 11.6 Å². The lowest BCUT2D eigenvalue weighted by Crippen LogP contribution is -2.12. The zero-order valence-corrected chi connectivity index (χ0v) is 9.45. The van der Waals surface area contributed by atoms with Gasteiger partial charge in [0.1, 0.15) is 5.82 Å². The van der Waals surface area contributed by atoms with Crippen LogP contribution >= 0.6 is 11.6 Å². The summed E-state index contributed by atoms with van der Waals surface area (Å²) in [6, 6.07) is 0. The van der Waals surface area contributed by atoms with Gasteiger partial charge in [0.2, 0.25) is 0 Å². The van der Waals surface area contributed by atoms with Crippen molar-refractivity contribution in [2.45, 2.75) is 37.5 Å². The molecule has 0 aromatic carbocycles. The Morgan fingerprint density at radius 3 is 2.53 bits per heavy atom. The van der Waals surface area contributed by atoms with Crippen LogP contribution in [-0.2, 0) is 5.88 Å². The minimum atomic E-state index is 0.511. The lowest BCUT2D eigenvalue weighted by atomic mass is 9.88. The Hall–Kier alpha value is -0.630. The van der Waals surface area contributed by atoms with Crippen molar-refractivity contribution in [3.8, 4) is 0 Å². The molecule has 0 radical (unpaired) electrons. The zero-order chi connectivity index (χ0) is 10.3. The van der Waals surface area contributed by atoms with E-state index in [1.165, 1.54) is 25.7 Å². The number of hydrogen-bond donors (Lipinski definition) is 0. The molecule has 3 heteroatoms. The molecule has 15 heavy (non-hydrogen) atoms.